The Hall–Kier alpha value is -6.94. The maximum Gasteiger partial charge on any atom is 0.137 e. The topological polar surface area (TPSA) is 16.4 Å². The number of para-hydroxylation sites is 1. The van der Waals surface area contributed by atoms with Gasteiger partial charge in [-0.25, -0.2) is 0 Å². The molecule has 11 rings (SSSR count). The lowest BCUT2D eigenvalue weighted by Gasteiger charge is -2.26. The van der Waals surface area contributed by atoms with Crippen LogP contribution in [-0.4, -0.2) is 0 Å². The first-order chi connectivity index (χ1) is 27.2. The van der Waals surface area contributed by atoms with Gasteiger partial charge in [0.2, 0.25) is 0 Å². The molecule has 9 aromatic carbocycles. The summed E-state index contributed by atoms with van der Waals surface area (Å²) < 4.78 is 9.01. The zero-order valence-electron chi connectivity index (χ0n) is 29.8. The van der Waals surface area contributed by atoms with Gasteiger partial charge in [0.1, 0.15) is 11.2 Å². The van der Waals surface area contributed by atoms with E-state index < -0.39 is 0 Å². The second kappa shape index (κ2) is 12.9. The minimum Gasteiger partial charge on any atom is -0.456 e. The van der Waals surface area contributed by atoms with E-state index in [9.17, 15) is 0 Å². The Bertz CT molecular complexity index is 3200. The van der Waals surface area contributed by atoms with E-state index in [1.165, 1.54) is 64.3 Å². The summed E-state index contributed by atoms with van der Waals surface area (Å²) in [7, 11) is 0. The van der Waals surface area contributed by atoms with E-state index in [1.54, 1.807) is 0 Å². The maximum absolute atomic E-state index is 6.37. The third-order valence-electron chi connectivity index (χ3n) is 10.9. The quantitative estimate of drug-likeness (QED) is 0.170. The molecule has 0 atom stereocenters. The van der Waals surface area contributed by atoms with Crippen LogP contribution in [0.25, 0.3) is 86.3 Å². The fourth-order valence-corrected chi connectivity index (χ4v) is 9.30. The second-order valence-corrected chi connectivity index (χ2v) is 15.2. The first kappa shape index (κ1) is 31.6. The van der Waals surface area contributed by atoms with Crippen LogP contribution >= 0.6 is 11.3 Å². The number of nitrogens with zero attached hydrogens (tertiary/aromatic N) is 1. The van der Waals surface area contributed by atoms with E-state index in [1.807, 2.05) is 23.5 Å². The van der Waals surface area contributed by atoms with Gasteiger partial charge in [0.05, 0.1) is 0 Å². The Morgan fingerprint density at radius 3 is 1.71 bits per heavy atom. The molecule has 0 radical (unpaired) electrons. The summed E-state index contributed by atoms with van der Waals surface area (Å²) in [5.41, 5.74) is 12.2. The van der Waals surface area contributed by atoms with E-state index in [-0.39, 0.29) is 0 Å². The number of hydrogen-bond donors (Lipinski definition) is 0. The maximum atomic E-state index is 6.37. The first-order valence-electron chi connectivity index (χ1n) is 18.7. The summed E-state index contributed by atoms with van der Waals surface area (Å²) >= 11 is 1.86. The van der Waals surface area contributed by atoms with Gasteiger partial charge in [-0.2, -0.15) is 0 Å². The lowest BCUT2D eigenvalue weighted by atomic mass is 9.95. The normalized spacial score (nSPS) is 11.6. The van der Waals surface area contributed by atoms with Gasteiger partial charge in [0, 0.05) is 54.1 Å². The van der Waals surface area contributed by atoms with Crippen LogP contribution in [0.5, 0.6) is 0 Å². The molecule has 0 amide bonds. The predicted molar refractivity (Wildman–Crippen MR) is 235 cm³/mol. The zero-order valence-corrected chi connectivity index (χ0v) is 30.6. The van der Waals surface area contributed by atoms with Gasteiger partial charge in [0.15, 0.2) is 0 Å². The first-order valence-corrected chi connectivity index (χ1v) is 19.5. The summed E-state index contributed by atoms with van der Waals surface area (Å²) in [5, 5.41) is 7.40. The molecule has 0 bridgehead atoms. The van der Waals surface area contributed by atoms with Crippen molar-refractivity contribution < 1.29 is 4.42 Å². The highest BCUT2D eigenvalue weighted by atomic mass is 32.1. The molecule has 11 aromatic rings. The van der Waals surface area contributed by atoms with Crippen molar-refractivity contribution in [2.24, 2.45) is 0 Å². The third kappa shape index (κ3) is 5.48. The molecule has 2 nitrogen and oxygen atoms in total. The Morgan fingerprint density at radius 2 is 0.891 bits per heavy atom. The number of thiophene rings is 1. The third-order valence-corrected chi connectivity index (χ3v) is 12.0. The van der Waals surface area contributed by atoms with Crippen molar-refractivity contribution in [1.82, 2.24) is 0 Å². The van der Waals surface area contributed by atoms with Crippen LogP contribution in [-0.2, 0) is 0 Å². The molecule has 55 heavy (non-hydrogen) atoms. The van der Waals surface area contributed by atoms with Gasteiger partial charge >= 0.3 is 0 Å². The van der Waals surface area contributed by atoms with Crippen LogP contribution in [0.15, 0.2) is 205 Å². The molecule has 0 spiro atoms. The molecule has 0 saturated heterocycles. The van der Waals surface area contributed by atoms with Gasteiger partial charge in [-0.05, 0) is 105 Å². The highest BCUT2D eigenvalue weighted by molar-refractivity contribution is 7.25. The smallest absolute Gasteiger partial charge is 0.137 e. The number of anilines is 3. The number of rotatable bonds is 6. The van der Waals surface area contributed by atoms with Gasteiger partial charge < -0.3 is 9.32 Å². The molecule has 2 heterocycles. The highest BCUT2D eigenvalue weighted by Crippen LogP contribution is 2.41. The van der Waals surface area contributed by atoms with Crippen LogP contribution in [0.3, 0.4) is 0 Å². The summed E-state index contributed by atoms with van der Waals surface area (Å²) in [5.74, 6) is 0. The Balaban J connectivity index is 0.979. The van der Waals surface area contributed by atoms with Gasteiger partial charge in [0.25, 0.3) is 0 Å². The summed E-state index contributed by atoms with van der Waals surface area (Å²) in [6.07, 6.45) is 0. The zero-order chi connectivity index (χ0) is 36.3. The molecular formula is C52H33NOS. The van der Waals surface area contributed by atoms with Crippen molar-refractivity contribution in [3.05, 3.63) is 200 Å². The van der Waals surface area contributed by atoms with Gasteiger partial charge in [-0.15, -0.1) is 11.3 Å². The number of fused-ring (bicyclic) bond motifs is 7. The minimum atomic E-state index is 0.874. The Labute approximate surface area is 322 Å². The number of hydrogen-bond acceptors (Lipinski definition) is 3. The molecule has 258 valence electrons. The molecule has 0 aliphatic rings. The molecule has 0 unspecified atom stereocenters. The molecular weight excluding hydrogens is 687 g/mol. The van der Waals surface area contributed by atoms with Crippen molar-refractivity contribution in [3.8, 4) is 33.4 Å². The largest absolute Gasteiger partial charge is 0.456 e. The van der Waals surface area contributed by atoms with Crippen LogP contribution in [0.4, 0.5) is 17.1 Å². The van der Waals surface area contributed by atoms with Crippen LogP contribution < -0.4 is 4.90 Å². The minimum absolute atomic E-state index is 0.874. The molecule has 0 N–H and O–H groups in total. The van der Waals surface area contributed by atoms with E-state index in [0.717, 1.165) is 39.0 Å². The van der Waals surface area contributed by atoms with Crippen LogP contribution in [0, 0.1) is 0 Å². The average Bonchev–Trinajstić information content (AvgIpc) is 3.82. The average molecular weight is 720 g/mol. The van der Waals surface area contributed by atoms with E-state index in [2.05, 4.69) is 193 Å². The highest BCUT2D eigenvalue weighted by Gasteiger charge is 2.17. The molecule has 2 aromatic heterocycles. The van der Waals surface area contributed by atoms with Crippen LogP contribution in [0.1, 0.15) is 0 Å². The SMILES string of the molecule is c1cc(-c2ccc(N(c3ccc(-c4ccc5c(c4)sc4ccccc45)cc3)c3ccc4c(c3)oc3ccccc34)cc2)cc(-c2cccc3ccccc23)c1. The molecule has 0 aliphatic heterocycles. The van der Waals surface area contributed by atoms with Crippen molar-refractivity contribution in [1.29, 1.82) is 0 Å². The second-order valence-electron chi connectivity index (χ2n) is 14.1. The lowest BCUT2D eigenvalue weighted by Crippen LogP contribution is -2.09. The Kier molecular flexibility index (Phi) is 7.39. The van der Waals surface area contributed by atoms with Crippen LogP contribution in [0.2, 0.25) is 0 Å². The van der Waals surface area contributed by atoms with Crippen molar-refractivity contribution in [2.45, 2.75) is 0 Å². The number of furan rings is 1. The van der Waals surface area contributed by atoms with Crippen molar-refractivity contribution in [2.75, 3.05) is 4.90 Å². The molecule has 0 aliphatic carbocycles. The summed E-state index contributed by atoms with van der Waals surface area (Å²) in [6.45, 7) is 0. The standard InChI is InChI=1S/C52H33NOS/c1-2-13-43-36(9-1)10-8-16-44(43)39-12-7-11-37(31-39)34-19-24-40(25-20-34)53(42-28-30-46-45-14-3-5-17-49(45)54-50(46)33-42)41-26-21-35(22-27-41)38-23-29-48-47-15-4-6-18-51(47)55-52(48)32-38/h1-33H. The molecule has 0 fully saturated rings. The van der Waals surface area contributed by atoms with Gasteiger partial charge in [-0.1, -0.05) is 133 Å². The predicted octanol–water partition coefficient (Wildman–Crippen LogP) is 15.6. The summed E-state index contributed by atoms with van der Waals surface area (Å²) in [6, 6.07) is 72.2. The van der Waals surface area contributed by atoms with Gasteiger partial charge in [-0.3, -0.25) is 0 Å². The fourth-order valence-electron chi connectivity index (χ4n) is 8.16. The van der Waals surface area contributed by atoms with E-state index in [4.69, 9.17) is 4.42 Å². The van der Waals surface area contributed by atoms with E-state index >= 15 is 0 Å². The summed E-state index contributed by atoms with van der Waals surface area (Å²) in [4.78, 5) is 2.32. The van der Waals surface area contributed by atoms with Crippen molar-refractivity contribution >= 4 is 81.3 Å². The molecule has 3 heteroatoms. The van der Waals surface area contributed by atoms with E-state index in [0.29, 0.717) is 0 Å². The number of benzene rings is 9. The monoisotopic (exact) mass is 719 g/mol. The Morgan fingerprint density at radius 1 is 0.327 bits per heavy atom. The van der Waals surface area contributed by atoms with Crippen molar-refractivity contribution in [3.63, 3.8) is 0 Å². The molecule has 0 saturated carbocycles. The fraction of sp³-hybridized carbons (Fsp3) is 0. The lowest BCUT2D eigenvalue weighted by molar-refractivity contribution is 0.669.